The van der Waals surface area contributed by atoms with Gasteiger partial charge in [-0.2, -0.15) is 0 Å². The number of nitrogens with one attached hydrogen (secondary N) is 2. The van der Waals surface area contributed by atoms with E-state index in [4.69, 9.17) is 4.42 Å². The summed E-state index contributed by atoms with van der Waals surface area (Å²) < 4.78 is 5.72. The molecule has 1 aliphatic heterocycles. The number of rotatable bonds is 3. The predicted molar refractivity (Wildman–Crippen MR) is 90.9 cm³/mol. The number of hydrogen-bond donors (Lipinski definition) is 2. The van der Waals surface area contributed by atoms with Gasteiger partial charge in [-0.25, -0.2) is 4.98 Å². The van der Waals surface area contributed by atoms with Crippen LogP contribution in [0.5, 0.6) is 0 Å². The topological polar surface area (TPSA) is 70.4 Å². The SMILES string of the molecule is Cl.O=C(Nc1ccc(N2CCNCC2)cn1)c1ccc(Br)o1. The Hall–Kier alpha value is -1.57. The molecule has 1 fully saturated rings. The summed E-state index contributed by atoms with van der Waals surface area (Å²) in [6.07, 6.45) is 1.78. The van der Waals surface area contributed by atoms with Crippen molar-refractivity contribution in [2.45, 2.75) is 0 Å². The van der Waals surface area contributed by atoms with Gasteiger partial charge in [0.05, 0.1) is 11.9 Å². The molecule has 118 valence electrons. The minimum Gasteiger partial charge on any atom is -0.444 e. The molecule has 8 heteroatoms. The Morgan fingerprint density at radius 3 is 2.64 bits per heavy atom. The molecule has 0 unspecified atom stereocenters. The Morgan fingerprint density at radius 2 is 2.05 bits per heavy atom. The minimum atomic E-state index is -0.317. The first-order valence-electron chi connectivity index (χ1n) is 6.71. The van der Waals surface area contributed by atoms with Crippen LogP contribution in [-0.4, -0.2) is 37.1 Å². The van der Waals surface area contributed by atoms with Crippen molar-refractivity contribution < 1.29 is 9.21 Å². The second-order valence-electron chi connectivity index (χ2n) is 4.70. The molecule has 0 radical (unpaired) electrons. The number of amides is 1. The molecule has 22 heavy (non-hydrogen) atoms. The molecule has 3 rings (SSSR count). The van der Waals surface area contributed by atoms with Crippen LogP contribution in [0.15, 0.2) is 39.5 Å². The van der Waals surface area contributed by atoms with Gasteiger partial charge in [0.25, 0.3) is 5.91 Å². The summed E-state index contributed by atoms with van der Waals surface area (Å²) in [6, 6.07) is 7.05. The van der Waals surface area contributed by atoms with Gasteiger partial charge in [0.15, 0.2) is 10.4 Å². The number of nitrogens with zero attached hydrogens (tertiary/aromatic N) is 2. The third-order valence-corrected chi connectivity index (χ3v) is 3.69. The molecule has 0 atom stereocenters. The van der Waals surface area contributed by atoms with E-state index < -0.39 is 0 Å². The summed E-state index contributed by atoms with van der Waals surface area (Å²) in [7, 11) is 0. The number of pyridine rings is 1. The Bertz CT molecular complexity index is 626. The van der Waals surface area contributed by atoms with Crippen molar-refractivity contribution in [3.8, 4) is 0 Å². The fourth-order valence-electron chi connectivity index (χ4n) is 2.18. The van der Waals surface area contributed by atoms with Gasteiger partial charge in [0, 0.05) is 26.2 Å². The molecule has 0 aliphatic carbocycles. The van der Waals surface area contributed by atoms with Gasteiger partial charge in [0.2, 0.25) is 0 Å². The largest absolute Gasteiger partial charge is 0.444 e. The van der Waals surface area contributed by atoms with E-state index in [0.29, 0.717) is 10.5 Å². The molecule has 1 amide bonds. The monoisotopic (exact) mass is 386 g/mol. The standard InChI is InChI=1S/C14H15BrN4O2.ClH/c15-12-3-2-11(21-12)14(20)18-13-4-1-10(9-17-13)19-7-5-16-6-8-19;/h1-4,9,16H,5-8H2,(H,17,18,20);1H. The van der Waals surface area contributed by atoms with Crippen LogP contribution in [0.4, 0.5) is 11.5 Å². The lowest BCUT2D eigenvalue weighted by Gasteiger charge is -2.29. The number of furan rings is 1. The van der Waals surface area contributed by atoms with Crippen LogP contribution < -0.4 is 15.5 Å². The normalized spacial score (nSPS) is 14.3. The molecule has 1 saturated heterocycles. The van der Waals surface area contributed by atoms with Crippen LogP contribution in [0.1, 0.15) is 10.6 Å². The first-order valence-corrected chi connectivity index (χ1v) is 7.50. The number of carbonyl (C=O) groups excluding carboxylic acids is 1. The lowest BCUT2D eigenvalue weighted by atomic mass is 10.3. The zero-order valence-electron chi connectivity index (χ0n) is 11.7. The van der Waals surface area contributed by atoms with E-state index in [1.807, 2.05) is 6.07 Å². The molecular weight excluding hydrogens is 372 g/mol. The molecule has 3 heterocycles. The fraction of sp³-hybridized carbons (Fsp3) is 0.286. The van der Waals surface area contributed by atoms with E-state index >= 15 is 0 Å². The zero-order valence-corrected chi connectivity index (χ0v) is 14.1. The van der Waals surface area contributed by atoms with Crippen molar-refractivity contribution in [2.24, 2.45) is 0 Å². The molecule has 2 N–H and O–H groups in total. The first-order chi connectivity index (χ1) is 10.2. The summed E-state index contributed by atoms with van der Waals surface area (Å²) in [6.45, 7) is 3.89. The van der Waals surface area contributed by atoms with Crippen LogP contribution in [0.2, 0.25) is 0 Å². The highest BCUT2D eigenvalue weighted by atomic mass is 79.9. The van der Waals surface area contributed by atoms with Crippen molar-refractivity contribution in [2.75, 3.05) is 36.4 Å². The van der Waals surface area contributed by atoms with Gasteiger partial charge in [-0.1, -0.05) is 0 Å². The van der Waals surface area contributed by atoms with Gasteiger partial charge in [0.1, 0.15) is 5.82 Å². The summed E-state index contributed by atoms with van der Waals surface area (Å²) >= 11 is 3.17. The minimum absolute atomic E-state index is 0. The third-order valence-electron chi connectivity index (χ3n) is 3.27. The molecule has 0 aromatic carbocycles. The van der Waals surface area contributed by atoms with E-state index in [1.165, 1.54) is 0 Å². The summed E-state index contributed by atoms with van der Waals surface area (Å²) in [5.74, 6) is 0.435. The van der Waals surface area contributed by atoms with Crippen molar-refractivity contribution in [3.63, 3.8) is 0 Å². The van der Waals surface area contributed by atoms with Crippen LogP contribution in [0.25, 0.3) is 0 Å². The summed E-state index contributed by atoms with van der Waals surface area (Å²) in [4.78, 5) is 18.5. The highest BCUT2D eigenvalue weighted by Crippen LogP contribution is 2.18. The lowest BCUT2D eigenvalue weighted by molar-refractivity contribution is 0.0995. The molecule has 2 aromatic rings. The van der Waals surface area contributed by atoms with Gasteiger partial charge < -0.3 is 20.0 Å². The number of hydrogen-bond acceptors (Lipinski definition) is 5. The molecule has 6 nitrogen and oxygen atoms in total. The molecule has 0 saturated carbocycles. The van der Waals surface area contributed by atoms with Crippen molar-refractivity contribution in [1.82, 2.24) is 10.3 Å². The van der Waals surface area contributed by atoms with Gasteiger partial charge in [-0.3, -0.25) is 4.79 Å². The van der Waals surface area contributed by atoms with E-state index in [0.717, 1.165) is 31.9 Å². The molecule has 0 bridgehead atoms. The maximum absolute atomic E-state index is 11.9. The Balaban J connectivity index is 0.00000176. The van der Waals surface area contributed by atoms with Crippen LogP contribution in [0, 0.1) is 0 Å². The van der Waals surface area contributed by atoms with Crippen LogP contribution in [-0.2, 0) is 0 Å². The van der Waals surface area contributed by atoms with E-state index in [-0.39, 0.29) is 24.1 Å². The molecular formula is C14H16BrClN4O2. The summed E-state index contributed by atoms with van der Waals surface area (Å²) in [5.41, 5.74) is 1.07. The number of piperazine rings is 1. The van der Waals surface area contributed by atoms with Gasteiger partial charge >= 0.3 is 0 Å². The van der Waals surface area contributed by atoms with Crippen LogP contribution >= 0.6 is 28.3 Å². The quantitative estimate of drug-likeness (QED) is 0.847. The van der Waals surface area contributed by atoms with Crippen LogP contribution in [0.3, 0.4) is 0 Å². The second-order valence-corrected chi connectivity index (χ2v) is 5.48. The number of carbonyl (C=O) groups is 1. The molecule has 2 aromatic heterocycles. The average molecular weight is 388 g/mol. The smallest absolute Gasteiger partial charge is 0.292 e. The molecule has 1 aliphatic rings. The van der Waals surface area contributed by atoms with E-state index in [2.05, 4.69) is 36.4 Å². The first kappa shape index (κ1) is 16.8. The Kier molecular flexibility index (Phi) is 5.82. The third kappa shape index (κ3) is 4.00. The highest BCUT2D eigenvalue weighted by molar-refractivity contribution is 9.10. The molecule has 0 spiro atoms. The van der Waals surface area contributed by atoms with Crippen molar-refractivity contribution in [1.29, 1.82) is 0 Å². The number of aromatic nitrogens is 1. The average Bonchev–Trinajstić information content (AvgIpc) is 2.96. The van der Waals surface area contributed by atoms with Crippen molar-refractivity contribution >= 4 is 45.7 Å². The van der Waals surface area contributed by atoms with E-state index in [9.17, 15) is 4.79 Å². The predicted octanol–water partition coefficient (Wildman–Crippen LogP) is 2.52. The lowest BCUT2D eigenvalue weighted by Crippen LogP contribution is -2.43. The second kappa shape index (κ2) is 7.62. The van der Waals surface area contributed by atoms with Crippen molar-refractivity contribution in [3.05, 3.63) is 40.9 Å². The summed E-state index contributed by atoms with van der Waals surface area (Å²) in [5, 5.41) is 6.01. The zero-order chi connectivity index (χ0) is 14.7. The Morgan fingerprint density at radius 1 is 1.27 bits per heavy atom. The Labute approximate surface area is 142 Å². The fourth-order valence-corrected chi connectivity index (χ4v) is 2.49. The van der Waals surface area contributed by atoms with Gasteiger partial charge in [-0.15, -0.1) is 12.4 Å². The number of anilines is 2. The number of halogens is 2. The van der Waals surface area contributed by atoms with E-state index in [1.54, 1.807) is 24.4 Å². The maximum Gasteiger partial charge on any atom is 0.292 e. The maximum atomic E-state index is 11.9. The van der Waals surface area contributed by atoms with Gasteiger partial charge in [-0.05, 0) is 40.2 Å². The highest BCUT2D eigenvalue weighted by Gasteiger charge is 2.13.